The Kier molecular flexibility index (Phi) is 4.44. The summed E-state index contributed by atoms with van der Waals surface area (Å²) in [6.07, 6.45) is 2.97. The lowest BCUT2D eigenvalue weighted by molar-refractivity contribution is 0.112. The van der Waals surface area contributed by atoms with E-state index in [9.17, 15) is 4.79 Å². The average Bonchev–Trinajstić information content (AvgIpc) is 3.27. The van der Waals surface area contributed by atoms with E-state index in [2.05, 4.69) is 59.1 Å². The third-order valence-electron chi connectivity index (χ3n) is 6.17. The van der Waals surface area contributed by atoms with Crippen molar-refractivity contribution >= 4 is 33.6 Å². The number of hydrogen-bond donors (Lipinski definition) is 0. The molecule has 33 heavy (non-hydrogen) atoms. The largest absolute Gasteiger partial charge is 0.497 e. The van der Waals surface area contributed by atoms with E-state index < -0.39 is 0 Å². The molecule has 3 aromatic carbocycles. The summed E-state index contributed by atoms with van der Waals surface area (Å²) < 4.78 is 7.55. The number of aldehydes is 1. The minimum Gasteiger partial charge on any atom is -0.497 e. The zero-order chi connectivity index (χ0) is 22.4. The number of hydrogen-bond acceptors (Lipinski definition) is 3. The molecule has 4 nitrogen and oxygen atoms in total. The molecule has 3 aromatic heterocycles. The van der Waals surface area contributed by atoms with Gasteiger partial charge in [0.2, 0.25) is 0 Å². The quantitative estimate of drug-likeness (QED) is 0.290. The summed E-state index contributed by atoms with van der Waals surface area (Å²) >= 11 is 0. The molecule has 6 rings (SSSR count). The molecule has 0 amide bonds. The standard InChI is InChI=1S/C29H20N2O2/c1-33-24-12-10-21(11-13-24)28-29-26(25-4-2-3-5-27(25)30-28)17-23-16-22(14-15-31(23)29)20-8-6-19(18-32)7-9-20/h2-18H,1H3. The van der Waals surface area contributed by atoms with Crippen molar-refractivity contribution in [1.82, 2.24) is 9.38 Å². The molecule has 0 spiro atoms. The fraction of sp³-hybridized carbons (Fsp3) is 0.0345. The van der Waals surface area contributed by atoms with E-state index >= 15 is 0 Å². The minimum atomic E-state index is 0.676. The van der Waals surface area contributed by atoms with E-state index in [0.29, 0.717) is 5.56 Å². The van der Waals surface area contributed by atoms with Crippen LogP contribution in [0.5, 0.6) is 5.75 Å². The van der Waals surface area contributed by atoms with E-state index in [1.54, 1.807) is 7.11 Å². The molecule has 6 aromatic rings. The topological polar surface area (TPSA) is 43.6 Å². The lowest BCUT2D eigenvalue weighted by atomic mass is 10.0. The van der Waals surface area contributed by atoms with Crippen LogP contribution in [0.3, 0.4) is 0 Å². The van der Waals surface area contributed by atoms with Gasteiger partial charge in [-0.3, -0.25) is 4.79 Å². The second-order valence-corrected chi connectivity index (χ2v) is 8.06. The zero-order valence-corrected chi connectivity index (χ0v) is 18.0. The van der Waals surface area contributed by atoms with Crippen LogP contribution in [0.1, 0.15) is 10.4 Å². The highest BCUT2D eigenvalue weighted by atomic mass is 16.5. The highest BCUT2D eigenvalue weighted by Gasteiger charge is 2.15. The number of aromatic nitrogens is 2. The van der Waals surface area contributed by atoms with Gasteiger partial charge in [-0.05, 0) is 59.7 Å². The fourth-order valence-corrected chi connectivity index (χ4v) is 4.48. The molecule has 0 atom stereocenters. The van der Waals surface area contributed by atoms with E-state index in [4.69, 9.17) is 9.72 Å². The van der Waals surface area contributed by atoms with Gasteiger partial charge in [0.1, 0.15) is 12.0 Å². The van der Waals surface area contributed by atoms with Crippen LogP contribution < -0.4 is 4.74 Å². The third-order valence-corrected chi connectivity index (χ3v) is 6.17. The number of rotatable bonds is 4. The van der Waals surface area contributed by atoms with Gasteiger partial charge < -0.3 is 9.14 Å². The van der Waals surface area contributed by atoms with Crippen LogP contribution in [0.15, 0.2) is 97.2 Å². The van der Waals surface area contributed by atoms with Crippen LogP contribution in [0, 0.1) is 0 Å². The Morgan fingerprint density at radius 1 is 0.788 bits per heavy atom. The summed E-state index contributed by atoms with van der Waals surface area (Å²) in [5, 5.41) is 2.30. The van der Waals surface area contributed by atoms with Crippen molar-refractivity contribution in [2.24, 2.45) is 0 Å². The maximum absolute atomic E-state index is 11.0. The monoisotopic (exact) mass is 428 g/mol. The molecule has 0 unspecified atom stereocenters. The summed E-state index contributed by atoms with van der Waals surface area (Å²) in [6.45, 7) is 0. The van der Waals surface area contributed by atoms with Gasteiger partial charge in [-0.15, -0.1) is 0 Å². The lowest BCUT2D eigenvalue weighted by Gasteiger charge is -2.10. The molecule has 0 N–H and O–H groups in total. The van der Waals surface area contributed by atoms with Crippen LogP contribution in [0.2, 0.25) is 0 Å². The van der Waals surface area contributed by atoms with Crippen LogP contribution in [0.25, 0.3) is 49.7 Å². The average molecular weight is 428 g/mol. The maximum atomic E-state index is 11.0. The molecular formula is C29H20N2O2. The minimum absolute atomic E-state index is 0.676. The summed E-state index contributed by atoms with van der Waals surface area (Å²) in [6, 6.07) is 30.5. The van der Waals surface area contributed by atoms with Gasteiger partial charge in [0.25, 0.3) is 0 Å². The van der Waals surface area contributed by atoms with Crippen molar-refractivity contribution in [2.45, 2.75) is 0 Å². The van der Waals surface area contributed by atoms with Crippen LogP contribution >= 0.6 is 0 Å². The summed E-state index contributed by atoms with van der Waals surface area (Å²) in [7, 11) is 1.67. The lowest BCUT2D eigenvalue weighted by Crippen LogP contribution is -1.93. The van der Waals surface area contributed by atoms with Crippen LogP contribution in [-0.2, 0) is 0 Å². The number of carbonyl (C=O) groups is 1. The SMILES string of the molecule is COc1ccc(-c2nc3ccccc3c3cc4cc(-c5ccc(C=O)cc5)ccn4c23)cc1. The van der Waals surface area contributed by atoms with Gasteiger partial charge >= 0.3 is 0 Å². The molecule has 3 heterocycles. The van der Waals surface area contributed by atoms with E-state index in [1.165, 1.54) is 5.39 Å². The normalized spacial score (nSPS) is 11.3. The highest BCUT2D eigenvalue weighted by Crippen LogP contribution is 2.36. The molecule has 0 bridgehead atoms. The summed E-state index contributed by atoms with van der Waals surface area (Å²) in [5.41, 5.74) is 7.98. The number of nitrogens with zero attached hydrogens (tertiary/aromatic N) is 2. The molecule has 158 valence electrons. The number of fused-ring (bicyclic) bond motifs is 5. The molecule has 0 saturated carbocycles. The summed E-state index contributed by atoms with van der Waals surface area (Å²) in [4.78, 5) is 16.1. The van der Waals surface area contributed by atoms with Crippen molar-refractivity contribution in [2.75, 3.05) is 7.11 Å². The molecule has 4 heteroatoms. The maximum Gasteiger partial charge on any atom is 0.150 e. The molecule has 0 fully saturated rings. The predicted octanol–water partition coefficient (Wildman–Crippen LogP) is 6.80. The first-order valence-electron chi connectivity index (χ1n) is 10.8. The number of pyridine rings is 2. The molecule has 0 aliphatic heterocycles. The Balaban J connectivity index is 1.62. The molecular weight excluding hydrogens is 408 g/mol. The molecule has 0 saturated heterocycles. The third kappa shape index (κ3) is 3.15. The van der Waals surface area contributed by atoms with Gasteiger partial charge in [-0.1, -0.05) is 42.5 Å². The van der Waals surface area contributed by atoms with Crippen molar-refractivity contribution in [1.29, 1.82) is 0 Å². The second-order valence-electron chi connectivity index (χ2n) is 8.06. The van der Waals surface area contributed by atoms with Gasteiger partial charge in [0.15, 0.2) is 0 Å². The first-order valence-corrected chi connectivity index (χ1v) is 10.8. The van der Waals surface area contributed by atoms with Crippen LogP contribution in [-0.4, -0.2) is 22.8 Å². The first-order chi connectivity index (χ1) is 16.2. The number of benzene rings is 3. The van der Waals surface area contributed by atoms with Crippen molar-refractivity contribution in [3.63, 3.8) is 0 Å². The van der Waals surface area contributed by atoms with E-state index in [-0.39, 0.29) is 0 Å². The molecule has 0 aliphatic carbocycles. The Bertz CT molecular complexity index is 1650. The second kappa shape index (κ2) is 7.61. The number of methoxy groups -OCH3 is 1. The van der Waals surface area contributed by atoms with Gasteiger partial charge in [-0.2, -0.15) is 0 Å². The summed E-state index contributed by atoms with van der Waals surface area (Å²) in [5.74, 6) is 0.820. The van der Waals surface area contributed by atoms with Gasteiger partial charge in [-0.25, -0.2) is 4.98 Å². The fourth-order valence-electron chi connectivity index (χ4n) is 4.48. The molecule has 0 aliphatic rings. The first kappa shape index (κ1) is 19.3. The van der Waals surface area contributed by atoms with Gasteiger partial charge in [0, 0.05) is 33.6 Å². The Hall–Kier alpha value is -4.44. The molecule has 0 radical (unpaired) electrons. The predicted molar refractivity (Wildman–Crippen MR) is 133 cm³/mol. The Morgan fingerprint density at radius 2 is 1.55 bits per heavy atom. The van der Waals surface area contributed by atoms with Gasteiger partial charge in [0.05, 0.1) is 23.8 Å². The van der Waals surface area contributed by atoms with Crippen molar-refractivity contribution in [3.05, 3.63) is 103 Å². The van der Waals surface area contributed by atoms with Crippen molar-refractivity contribution < 1.29 is 9.53 Å². The van der Waals surface area contributed by atoms with E-state index in [0.717, 1.165) is 56.4 Å². The number of carbonyl (C=O) groups excluding carboxylic acids is 1. The van der Waals surface area contributed by atoms with Crippen LogP contribution in [0.4, 0.5) is 0 Å². The van der Waals surface area contributed by atoms with E-state index in [1.807, 2.05) is 42.5 Å². The van der Waals surface area contributed by atoms with Crippen molar-refractivity contribution in [3.8, 4) is 28.1 Å². The highest BCUT2D eigenvalue weighted by molar-refractivity contribution is 6.12. The Labute approximate surface area is 190 Å². The zero-order valence-electron chi connectivity index (χ0n) is 18.0. The smallest absolute Gasteiger partial charge is 0.150 e. The number of ether oxygens (including phenoxy) is 1. The Morgan fingerprint density at radius 3 is 2.30 bits per heavy atom. The number of para-hydroxylation sites is 1.